The van der Waals surface area contributed by atoms with Crippen LogP contribution in [0, 0.1) is 13.8 Å². The maximum atomic E-state index is 12.5. The van der Waals surface area contributed by atoms with Crippen LogP contribution >= 0.6 is 0 Å². The number of hydrogen-bond donors (Lipinski definition) is 1. The number of aromatic nitrogens is 6. The Labute approximate surface area is 173 Å². The molecule has 1 N–H and O–H groups in total. The third-order valence-electron chi connectivity index (χ3n) is 4.97. The van der Waals surface area contributed by atoms with Gasteiger partial charge in [-0.1, -0.05) is 0 Å². The van der Waals surface area contributed by atoms with Crippen LogP contribution in [0.1, 0.15) is 30.7 Å². The number of aryl methyl sites for hydroxylation is 2. The van der Waals surface area contributed by atoms with E-state index in [1.165, 1.54) is 18.8 Å². The van der Waals surface area contributed by atoms with Gasteiger partial charge in [0.15, 0.2) is 5.82 Å². The van der Waals surface area contributed by atoms with Crippen molar-refractivity contribution >= 4 is 17.5 Å². The highest BCUT2D eigenvalue weighted by Gasteiger charge is 2.14. The molecule has 0 unspecified atom stereocenters. The quantitative estimate of drug-likeness (QED) is 0.680. The predicted molar refractivity (Wildman–Crippen MR) is 112 cm³/mol. The fourth-order valence-electron chi connectivity index (χ4n) is 3.55. The van der Waals surface area contributed by atoms with Gasteiger partial charge in [0.2, 0.25) is 5.91 Å². The summed E-state index contributed by atoms with van der Waals surface area (Å²) in [5.41, 5.74) is 1.37. The first kappa shape index (κ1) is 19.7. The zero-order valence-corrected chi connectivity index (χ0v) is 17.1. The van der Waals surface area contributed by atoms with Gasteiger partial charge in [0.25, 0.3) is 5.56 Å². The Kier molecular flexibility index (Phi) is 5.55. The summed E-state index contributed by atoms with van der Waals surface area (Å²) in [6, 6.07) is 6.64. The van der Waals surface area contributed by atoms with Gasteiger partial charge in [-0.3, -0.25) is 9.59 Å². The number of nitrogens with zero attached hydrogens (tertiary/aromatic N) is 7. The van der Waals surface area contributed by atoms with E-state index in [1.54, 1.807) is 16.8 Å². The SMILES string of the molecule is Cc1cc(C)n(-c2ccc(=O)n(CC(=O)Nc3cc(N4CCCCC4)ncn3)n2)n1. The molecule has 4 rings (SSSR count). The lowest BCUT2D eigenvalue weighted by molar-refractivity contribution is -0.117. The summed E-state index contributed by atoms with van der Waals surface area (Å²) >= 11 is 0. The van der Waals surface area contributed by atoms with Gasteiger partial charge in [-0.2, -0.15) is 5.10 Å². The van der Waals surface area contributed by atoms with Crippen molar-refractivity contribution in [3.05, 3.63) is 52.3 Å². The number of carbonyl (C=O) groups excluding carboxylic acids is 1. The molecule has 0 atom stereocenters. The molecule has 4 heterocycles. The Morgan fingerprint density at radius 2 is 1.83 bits per heavy atom. The average Bonchev–Trinajstić information content (AvgIpc) is 3.08. The molecule has 0 bridgehead atoms. The Bertz CT molecular complexity index is 1110. The zero-order valence-electron chi connectivity index (χ0n) is 17.1. The van der Waals surface area contributed by atoms with Crippen molar-refractivity contribution < 1.29 is 4.79 Å². The van der Waals surface area contributed by atoms with Gasteiger partial charge in [0.05, 0.1) is 5.69 Å². The van der Waals surface area contributed by atoms with Crippen LogP contribution in [0.25, 0.3) is 5.82 Å². The summed E-state index contributed by atoms with van der Waals surface area (Å²) in [4.78, 5) is 35.4. The van der Waals surface area contributed by atoms with Crippen molar-refractivity contribution in [1.82, 2.24) is 29.5 Å². The maximum Gasteiger partial charge on any atom is 0.267 e. The standard InChI is InChI=1S/C20H24N8O2/c1-14-10-15(2)28(24-14)17-6-7-20(30)27(25-17)12-19(29)23-16-11-18(22-13-21-16)26-8-4-3-5-9-26/h6-7,10-11,13H,3-5,8-9,12H2,1-2H3,(H,21,22,23,29). The van der Waals surface area contributed by atoms with E-state index in [0.29, 0.717) is 11.6 Å². The molecule has 0 aromatic carbocycles. The molecule has 1 fully saturated rings. The van der Waals surface area contributed by atoms with Gasteiger partial charge >= 0.3 is 0 Å². The van der Waals surface area contributed by atoms with E-state index in [0.717, 1.165) is 47.8 Å². The van der Waals surface area contributed by atoms with Gasteiger partial charge < -0.3 is 10.2 Å². The van der Waals surface area contributed by atoms with Gasteiger partial charge in [0, 0.05) is 30.9 Å². The second kappa shape index (κ2) is 8.44. The van der Waals surface area contributed by atoms with Crippen molar-refractivity contribution in [2.24, 2.45) is 0 Å². The molecule has 0 saturated carbocycles. The second-order valence-corrected chi connectivity index (χ2v) is 7.38. The lowest BCUT2D eigenvalue weighted by atomic mass is 10.1. The predicted octanol–water partition coefficient (Wildman–Crippen LogP) is 1.46. The van der Waals surface area contributed by atoms with Gasteiger partial charge in [-0.25, -0.2) is 19.3 Å². The summed E-state index contributed by atoms with van der Waals surface area (Å²) in [6.45, 7) is 5.45. The topological polar surface area (TPSA) is 111 Å². The first-order valence-corrected chi connectivity index (χ1v) is 9.98. The van der Waals surface area contributed by atoms with Crippen LogP contribution < -0.4 is 15.8 Å². The third kappa shape index (κ3) is 4.37. The molecule has 1 saturated heterocycles. The highest BCUT2D eigenvalue weighted by atomic mass is 16.2. The molecule has 1 aliphatic rings. The van der Waals surface area contributed by atoms with E-state index in [2.05, 4.69) is 30.4 Å². The molecule has 1 amide bonds. The van der Waals surface area contributed by atoms with E-state index in [9.17, 15) is 9.59 Å². The molecule has 10 nitrogen and oxygen atoms in total. The van der Waals surface area contributed by atoms with Crippen molar-refractivity contribution in [2.75, 3.05) is 23.3 Å². The summed E-state index contributed by atoms with van der Waals surface area (Å²) in [5.74, 6) is 1.28. The number of rotatable bonds is 5. The van der Waals surface area contributed by atoms with E-state index in [4.69, 9.17) is 0 Å². The Morgan fingerprint density at radius 1 is 1.03 bits per heavy atom. The van der Waals surface area contributed by atoms with E-state index in [1.807, 2.05) is 19.9 Å². The molecular formula is C20H24N8O2. The highest BCUT2D eigenvalue weighted by molar-refractivity contribution is 5.89. The maximum absolute atomic E-state index is 12.5. The van der Waals surface area contributed by atoms with Crippen LogP contribution in [0.2, 0.25) is 0 Å². The van der Waals surface area contributed by atoms with Gasteiger partial charge in [-0.15, -0.1) is 5.10 Å². The number of amides is 1. The van der Waals surface area contributed by atoms with Crippen LogP contribution in [0.4, 0.5) is 11.6 Å². The molecule has 3 aromatic rings. The van der Waals surface area contributed by atoms with Gasteiger partial charge in [-0.05, 0) is 45.2 Å². The average molecular weight is 408 g/mol. The van der Waals surface area contributed by atoms with Gasteiger partial charge in [0.1, 0.15) is 24.5 Å². The molecule has 0 aliphatic carbocycles. The lowest BCUT2D eigenvalue weighted by Gasteiger charge is -2.27. The fourth-order valence-corrected chi connectivity index (χ4v) is 3.55. The minimum atomic E-state index is -0.390. The van der Waals surface area contributed by atoms with Crippen LogP contribution in [0.5, 0.6) is 0 Å². The first-order chi connectivity index (χ1) is 14.5. The highest BCUT2D eigenvalue weighted by Crippen LogP contribution is 2.19. The zero-order chi connectivity index (χ0) is 21.1. The second-order valence-electron chi connectivity index (χ2n) is 7.38. The lowest BCUT2D eigenvalue weighted by Crippen LogP contribution is -2.31. The third-order valence-corrected chi connectivity index (χ3v) is 4.97. The molecule has 10 heteroatoms. The molecule has 1 aliphatic heterocycles. The monoisotopic (exact) mass is 408 g/mol. The van der Waals surface area contributed by atoms with Crippen LogP contribution in [0.15, 0.2) is 35.4 Å². The minimum Gasteiger partial charge on any atom is -0.356 e. The molecule has 156 valence electrons. The fraction of sp³-hybridized carbons (Fsp3) is 0.400. The van der Waals surface area contributed by atoms with Crippen LogP contribution in [-0.4, -0.2) is 48.5 Å². The smallest absolute Gasteiger partial charge is 0.267 e. The van der Waals surface area contributed by atoms with E-state index < -0.39 is 5.91 Å². The Morgan fingerprint density at radius 3 is 2.57 bits per heavy atom. The van der Waals surface area contributed by atoms with Crippen molar-refractivity contribution in [1.29, 1.82) is 0 Å². The Hall–Kier alpha value is -3.56. The van der Waals surface area contributed by atoms with Crippen molar-refractivity contribution in [3.63, 3.8) is 0 Å². The van der Waals surface area contributed by atoms with Crippen molar-refractivity contribution in [2.45, 2.75) is 39.7 Å². The molecule has 30 heavy (non-hydrogen) atoms. The number of nitrogens with one attached hydrogen (secondary N) is 1. The molecule has 0 radical (unpaired) electrons. The minimum absolute atomic E-state index is 0.227. The summed E-state index contributed by atoms with van der Waals surface area (Å²) in [6.07, 6.45) is 4.93. The molecule has 0 spiro atoms. The molecule has 3 aromatic heterocycles. The summed E-state index contributed by atoms with van der Waals surface area (Å²) < 4.78 is 2.76. The first-order valence-electron chi connectivity index (χ1n) is 9.98. The van der Waals surface area contributed by atoms with E-state index in [-0.39, 0.29) is 12.1 Å². The number of anilines is 2. The summed E-state index contributed by atoms with van der Waals surface area (Å²) in [5, 5.41) is 11.4. The number of piperidine rings is 1. The molecular weight excluding hydrogens is 384 g/mol. The number of carbonyl (C=O) groups is 1. The number of hydrogen-bond acceptors (Lipinski definition) is 7. The van der Waals surface area contributed by atoms with Crippen LogP contribution in [0.3, 0.4) is 0 Å². The van der Waals surface area contributed by atoms with Crippen molar-refractivity contribution in [3.8, 4) is 5.82 Å². The largest absolute Gasteiger partial charge is 0.356 e. The normalized spacial score (nSPS) is 14.0. The Balaban J connectivity index is 1.48. The van der Waals surface area contributed by atoms with E-state index >= 15 is 0 Å². The van der Waals surface area contributed by atoms with Crippen LogP contribution in [-0.2, 0) is 11.3 Å². The summed E-state index contributed by atoms with van der Waals surface area (Å²) in [7, 11) is 0.